The molecule has 0 bridgehead atoms. The van der Waals surface area contributed by atoms with Gasteiger partial charge in [0, 0.05) is 6.54 Å². The Hall–Kier alpha value is -0.610. The van der Waals surface area contributed by atoms with Crippen molar-refractivity contribution in [1.29, 1.82) is 0 Å². The van der Waals surface area contributed by atoms with Crippen LogP contribution in [0.25, 0.3) is 0 Å². The summed E-state index contributed by atoms with van der Waals surface area (Å²) in [6.07, 6.45) is 6.46. The number of nitrogens with one attached hydrogen (secondary N) is 2. The van der Waals surface area contributed by atoms with Gasteiger partial charge >= 0.3 is 0 Å². The maximum absolute atomic E-state index is 12.1. The minimum absolute atomic E-state index is 0.00817. The van der Waals surface area contributed by atoms with Crippen molar-refractivity contribution in [1.82, 2.24) is 10.6 Å². The molecule has 17 heavy (non-hydrogen) atoms. The zero-order chi connectivity index (χ0) is 11.9. The number of hydrogen-bond donors (Lipinski definition) is 3. The fourth-order valence-electron chi connectivity index (χ4n) is 3.60. The number of aliphatic hydroxyl groups is 1. The molecule has 96 valence electrons. The van der Waals surface area contributed by atoms with E-state index in [2.05, 4.69) is 10.6 Å². The van der Waals surface area contributed by atoms with E-state index in [-0.39, 0.29) is 11.9 Å². The SMILES string of the molecule is O=C(NCC1(O)CCC1)C1NCC2CCCC21. The molecule has 4 heteroatoms. The van der Waals surface area contributed by atoms with Gasteiger partial charge in [-0.2, -0.15) is 0 Å². The van der Waals surface area contributed by atoms with Crippen LogP contribution in [-0.2, 0) is 4.79 Å². The lowest BCUT2D eigenvalue weighted by atomic mass is 9.80. The van der Waals surface area contributed by atoms with Gasteiger partial charge < -0.3 is 15.7 Å². The molecule has 3 unspecified atom stereocenters. The average molecular weight is 238 g/mol. The molecule has 0 radical (unpaired) electrons. The summed E-state index contributed by atoms with van der Waals surface area (Å²) in [6, 6.07) is -0.00817. The Morgan fingerprint density at radius 3 is 2.88 bits per heavy atom. The van der Waals surface area contributed by atoms with E-state index < -0.39 is 5.60 Å². The van der Waals surface area contributed by atoms with Gasteiger partial charge in [0.2, 0.25) is 5.91 Å². The summed E-state index contributed by atoms with van der Waals surface area (Å²) in [4.78, 5) is 12.1. The maximum Gasteiger partial charge on any atom is 0.237 e. The summed E-state index contributed by atoms with van der Waals surface area (Å²) >= 11 is 0. The Morgan fingerprint density at radius 2 is 2.18 bits per heavy atom. The molecule has 3 rings (SSSR count). The van der Waals surface area contributed by atoms with Crippen LogP contribution in [0.5, 0.6) is 0 Å². The second-order valence-electron chi connectivity index (χ2n) is 6.04. The van der Waals surface area contributed by atoms with Gasteiger partial charge in [0.05, 0.1) is 11.6 Å². The van der Waals surface area contributed by atoms with Gasteiger partial charge in [0.15, 0.2) is 0 Å². The van der Waals surface area contributed by atoms with Crippen LogP contribution in [0.15, 0.2) is 0 Å². The highest BCUT2D eigenvalue weighted by atomic mass is 16.3. The molecule has 1 amide bonds. The number of hydrogen-bond acceptors (Lipinski definition) is 3. The van der Waals surface area contributed by atoms with Gasteiger partial charge in [-0.3, -0.25) is 4.79 Å². The zero-order valence-electron chi connectivity index (χ0n) is 10.2. The van der Waals surface area contributed by atoms with E-state index in [1.165, 1.54) is 19.3 Å². The molecule has 1 saturated heterocycles. The third-order valence-corrected chi connectivity index (χ3v) is 4.90. The third kappa shape index (κ3) is 2.08. The predicted octanol–water partition coefficient (Wildman–Crippen LogP) is 0.406. The summed E-state index contributed by atoms with van der Waals surface area (Å²) in [7, 11) is 0. The van der Waals surface area contributed by atoms with E-state index in [0.29, 0.717) is 18.4 Å². The number of fused-ring (bicyclic) bond motifs is 1. The fourth-order valence-corrected chi connectivity index (χ4v) is 3.60. The number of rotatable bonds is 3. The Balaban J connectivity index is 1.52. The van der Waals surface area contributed by atoms with Gasteiger partial charge in [-0.1, -0.05) is 6.42 Å². The lowest BCUT2D eigenvalue weighted by Crippen LogP contribution is -2.52. The first kappa shape index (κ1) is 11.5. The van der Waals surface area contributed by atoms with Gasteiger partial charge in [0.1, 0.15) is 0 Å². The smallest absolute Gasteiger partial charge is 0.237 e. The molecule has 0 spiro atoms. The van der Waals surface area contributed by atoms with E-state index in [4.69, 9.17) is 0 Å². The highest BCUT2D eigenvalue weighted by molar-refractivity contribution is 5.82. The molecule has 3 aliphatic rings. The molecular weight excluding hydrogens is 216 g/mol. The van der Waals surface area contributed by atoms with E-state index in [9.17, 15) is 9.90 Å². The second-order valence-corrected chi connectivity index (χ2v) is 6.04. The largest absolute Gasteiger partial charge is 0.388 e. The highest BCUT2D eigenvalue weighted by Crippen LogP contribution is 2.37. The monoisotopic (exact) mass is 238 g/mol. The number of carbonyl (C=O) groups is 1. The molecule has 3 fully saturated rings. The van der Waals surface area contributed by atoms with Crippen LogP contribution >= 0.6 is 0 Å². The lowest BCUT2D eigenvalue weighted by Gasteiger charge is -2.37. The van der Waals surface area contributed by atoms with E-state index >= 15 is 0 Å². The molecule has 3 N–H and O–H groups in total. The van der Waals surface area contributed by atoms with Crippen LogP contribution in [0, 0.1) is 11.8 Å². The van der Waals surface area contributed by atoms with E-state index in [1.807, 2.05) is 0 Å². The first-order valence-electron chi connectivity index (χ1n) is 6.91. The topological polar surface area (TPSA) is 61.4 Å². The van der Waals surface area contributed by atoms with Crippen LogP contribution in [-0.4, -0.2) is 35.7 Å². The first-order valence-corrected chi connectivity index (χ1v) is 6.91. The van der Waals surface area contributed by atoms with Gasteiger partial charge in [-0.15, -0.1) is 0 Å². The van der Waals surface area contributed by atoms with E-state index in [1.54, 1.807) is 0 Å². The summed E-state index contributed by atoms with van der Waals surface area (Å²) in [5.74, 6) is 1.34. The van der Waals surface area contributed by atoms with Crippen LogP contribution in [0.3, 0.4) is 0 Å². The molecule has 4 nitrogen and oxygen atoms in total. The summed E-state index contributed by atoms with van der Waals surface area (Å²) < 4.78 is 0. The number of carbonyl (C=O) groups excluding carboxylic acids is 1. The van der Waals surface area contributed by atoms with Gasteiger partial charge in [-0.25, -0.2) is 0 Å². The van der Waals surface area contributed by atoms with Crippen molar-refractivity contribution in [2.45, 2.75) is 50.2 Å². The van der Waals surface area contributed by atoms with Crippen molar-refractivity contribution in [2.24, 2.45) is 11.8 Å². The lowest BCUT2D eigenvalue weighted by molar-refractivity contribution is -0.126. The quantitative estimate of drug-likeness (QED) is 0.667. The second kappa shape index (κ2) is 4.25. The van der Waals surface area contributed by atoms with Crippen molar-refractivity contribution in [3.63, 3.8) is 0 Å². The Kier molecular flexibility index (Phi) is 2.87. The van der Waals surface area contributed by atoms with Gasteiger partial charge in [-0.05, 0) is 50.5 Å². The molecular formula is C13H22N2O2. The molecule has 0 aromatic heterocycles. The molecule has 0 aromatic rings. The Labute approximate surface area is 102 Å². The van der Waals surface area contributed by atoms with Crippen molar-refractivity contribution in [2.75, 3.05) is 13.1 Å². The molecule has 1 aliphatic heterocycles. The highest BCUT2D eigenvalue weighted by Gasteiger charge is 2.43. The first-order chi connectivity index (χ1) is 8.18. The molecule has 2 aliphatic carbocycles. The van der Waals surface area contributed by atoms with Crippen molar-refractivity contribution < 1.29 is 9.90 Å². The van der Waals surface area contributed by atoms with Crippen molar-refractivity contribution >= 4 is 5.91 Å². The minimum atomic E-state index is -0.608. The predicted molar refractivity (Wildman–Crippen MR) is 64.4 cm³/mol. The maximum atomic E-state index is 12.1. The molecule has 2 saturated carbocycles. The van der Waals surface area contributed by atoms with Crippen molar-refractivity contribution in [3.8, 4) is 0 Å². The van der Waals surface area contributed by atoms with Crippen LogP contribution in [0.4, 0.5) is 0 Å². The minimum Gasteiger partial charge on any atom is -0.388 e. The summed E-state index contributed by atoms with van der Waals surface area (Å²) in [6.45, 7) is 1.43. The fraction of sp³-hybridized carbons (Fsp3) is 0.923. The average Bonchev–Trinajstić information content (AvgIpc) is 2.84. The Bertz CT molecular complexity index is 315. The van der Waals surface area contributed by atoms with Crippen LogP contribution < -0.4 is 10.6 Å². The zero-order valence-corrected chi connectivity index (χ0v) is 10.2. The van der Waals surface area contributed by atoms with Crippen molar-refractivity contribution in [3.05, 3.63) is 0 Å². The van der Waals surface area contributed by atoms with Gasteiger partial charge in [0.25, 0.3) is 0 Å². The Morgan fingerprint density at radius 1 is 1.35 bits per heavy atom. The molecule has 3 atom stereocenters. The third-order valence-electron chi connectivity index (χ3n) is 4.90. The number of amides is 1. The van der Waals surface area contributed by atoms with Crippen LogP contribution in [0.1, 0.15) is 38.5 Å². The summed E-state index contributed by atoms with van der Waals surface area (Å²) in [5.41, 5.74) is -0.608. The van der Waals surface area contributed by atoms with Crippen LogP contribution in [0.2, 0.25) is 0 Å². The molecule has 1 heterocycles. The summed E-state index contributed by atoms with van der Waals surface area (Å²) in [5, 5.41) is 16.2. The molecule has 0 aromatic carbocycles. The standard InChI is InChI=1S/C13H22N2O2/c16-12(15-8-13(17)5-2-6-13)11-10-4-1-3-9(10)7-14-11/h9-11,14,17H,1-8H2,(H,15,16). The normalized spacial score (nSPS) is 38.5. The van der Waals surface area contributed by atoms with E-state index in [0.717, 1.165) is 25.8 Å².